The van der Waals surface area contributed by atoms with Crippen LogP contribution in [-0.2, 0) is 6.42 Å². The van der Waals surface area contributed by atoms with Gasteiger partial charge in [0.1, 0.15) is 11.3 Å². The number of aliphatic hydroxyl groups is 1. The van der Waals surface area contributed by atoms with E-state index in [1.165, 1.54) is 0 Å². The molecule has 3 nitrogen and oxygen atoms in total. The minimum Gasteiger partial charge on any atom is -0.494 e. The van der Waals surface area contributed by atoms with Crippen LogP contribution in [0, 0.1) is 0 Å². The first kappa shape index (κ1) is 10.5. The summed E-state index contributed by atoms with van der Waals surface area (Å²) in [6.45, 7) is 0. The monoisotopic (exact) mass is 229 g/mol. The van der Waals surface area contributed by atoms with E-state index in [-0.39, 0.29) is 0 Å². The van der Waals surface area contributed by atoms with Crippen LogP contribution in [0.1, 0.15) is 18.4 Å². The van der Waals surface area contributed by atoms with Crippen molar-refractivity contribution in [1.29, 1.82) is 0 Å². The molecule has 0 unspecified atom stereocenters. The van der Waals surface area contributed by atoms with Crippen molar-refractivity contribution >= 4 is 10.9 Å². The Hall–Kier alpha value is -1.61. The fraction of sp³-hybridized carbons (Fsp3) is 0.357. The normalized spacial score (nSPS) is 17.1. The summed E-state index contributed by atoms with van der Waals surface area (Å²) in [6.07, 6.45) is 4.28. The molecule has 0 bridgehead atoms. The van der Waals surface area contributed by atoms with Crippen molar-refractivity contribution in [3.05, 3.63) is 36.0 Å². The van der Waals surface area contributed by atoms with Crippen molar-refractivity contribution in [2.45, 2.75) is 24.9 Å². The van der Waals surface area contributed by atoms with Gasteiger partial charge in [-0.1, -0.05) is 12.1 Å². The number of fused-ring (bicyclic) bond motifs is 1. The maximum absolute atomic E-state index is 10.0. The molecule has 1 saturated carbocycles. The summed E-state index contributed by atoms with van der Waals surface area (Å²) in [6, 6.07) is 7.91. The third-order valence-corrected chi connectivity index (χ3v) is 3.39. The summed E-state index contributed by atoms with van der Waals surface area (Å²) >= 11 is 0. The molecular formula is C14H15NO2. The molecule has 0 aliphatic heterocycles. The van der Waals surface area contributed by atoms with Gasteiger partial charge in [0.15, 0.2) is 0 Å². The van der Waals surface area contributed by atoms with Crippen LogP contribution in [0.4, 0.5) is 0 Å². The Kier molecular flexibility index (Phi) is 2.30. The van der Waals surface area contributed by atoms with E-state index >= 15 is 0 Å². The third-order valence-electron chi connectivity index (χ3n) is 3.39. The molecule has 1 aliphatic rings. The Morgan fingerprint density at radius 2 is 2.18 bits per heavy atom. The molecule has 1 aliphatic carbocycles. The number of hydrogen-bond acceptors (Lipinski definition) is 3. The number of hydrogen-bond donors (Lipinski definition) is 1. The van der Waals surface area contributed by atoms with Crippen molar-refractivity contribution in [2.24, 2.45) is 0 Å². The second-order valence-corrected chi connectivity index (χ2v) is 4.73. The van der Waals surface area contributed by atoms with Gasteiger partial charge in [0.25, 0.3) is 0 Å². The lowest BCUT2D eigenvalue weighted by Gasteiger charge is -2.12. The van der Waals surface area contributed by atoms with E-state index in [1.54, 1.807) is 13.3 Å². The van der Waals surface area contributed by atoms with Gasteiger partial charge < -0.3 is 9.84 Å². The quantitative estimate of drug-likeness (QED) is 0.878. The molecule has 1 aromatic heterocycles. The minimum atomic E-state index is -0.475. The molecule has 1 aromatic carbocycles. The van der Waals surface area contributed by atoms with Gasteiger partial charge in [-0.2, -0.15) is 0 Å². The molecule has 1 heterocycles. The zero-order valence-electron chi connectivity index (χ0n) is 9.81. The standard InChI is InChI=1S/C14H15NO2/c1-17-12-5-4-10(9-14(16)6-7-14)11-3-2-8-15-13(11)12/h2-5,8,16H,6-7,9H2,1H3. The van der Waals surface area contributed by atoms with Crippen molar-refractivity contribution in [1.82, 2.24) is 4.98 Å². The fourth-order valence-electron chi connectivity index (χ4n) is 2.20. The second-order valence-electron chi connectivity index (χ2n) is 4.73. The second kappa shape index (κ2) is 3.70. The summed E-state index contributed by atoms with van der Waals surface area (Å²) in [5.41, 5.74) is 1.54. The van der Waals surface area contributed by atoms with Crippen LogP contribution in [-0.4, -0.2) is 22.8 Å². The van der Waals surface area contributed by atoms with E-state index in [0.29, 0.717) is 6.42 Å². The highest BCUT2D eigenvalue weighted by molar-refractivity contribution is 5.87. The predicted octanol–water partition coefficient (Wildman–Crippen LogP) is 2.31. The topological polar surface area (TPSA) is 42.4 Å². The predicted molar refractivity (Wildman–Crippen MR) is 66.2 cm³/mol. The van der Waals surface area contributed by atoms with Gasteiger partial charge in [0, 0.05) is 18.0 Å². The van der Waals surface area contributed by atoms with Crippen LogP contribution in [0.15, 0.2) is 30.5 Å². The molecule has 0 saturated heterocycles. The summed E-state index contributed by atoms with van der Waals surface area (Å²) in [4.78, 5) is 4.36. The van der Waals surface area contributed by atoms with E-state index < -0.39 is 5.60 Å². The van der Waals surface area contributed by atoms with Gasteiger partial charge in [-0.05, 0) is 30.5 Å². The summed E-state index contributed by atoms with van der Waals surface area (Å²) < 4.78 is 5.30. The number of ether oxygens (including phenoxy) is 1. The summed E-state index contributed by atoms with van der Waals surface area (Å²) in [5, 5.41) is 11.1. The number of benzene rings is 1. The lowest BCUT2D eigenvalue weighted by molar-refractivity contribution is 0.151. The van der Waals surface area contributed by atoms with Gasteiger partial charge in [-0.15, -0.1) is 0 Å². The Morgan fingerprint density at radius 1 is 1.35 bits per heavy atom. The SMILES string of the molecule is COc1ccc(CC2(O)CC2)c2cccnc12. The largest absolute Gasteiger partial charge is 0.494 e. The minimum absolute atomic E-state index is 0.475. The molecule has 2 aromatic rings. The van der Waals surface area contributed by atoms with Crippen LogP contribution in [0.5, 0.6) is 5.75 Å². The zero-order valence-corrected chi connectivity index (χ0v) is 9.81. The van der Waals surface area contributed by atoms with Crippen LogP contribution >= 0.6 is 0 Å². The van der Waals surface area contributed by atoms with Crippen molar-refractivity contribution in [3.63, 3.8) is 0 Å². The van der Waals surface area contributed by atoms with Crippen LogP contribution < -0.4 is 4.74 Å². The van der Waals surface area contributed by atoms with E-state index in [9.17, 15) is 5.11 Å². The molecule has 0 amide bonds. The average Bonchev–Trinajstić information content (AvgIpc) is 3.08. The van der Waals surface area contributed by atoms with Crippen molar-refractivity contribution in [3.8, 4) is 5.75 Å². The molecule has 17 heavy (non-hydrogen) atoms. The van der Waals surface area contributed by atoms with Gasteiger partial charge in [0.2, 0.25) is 0 Å². The highest BCUT2D eigenvalue weighted by atomic mass is 16.5. The van der Waals surface area contributed by atoms with Gasteiger partial charge in [0.05, 0.1) is 12.7 Å². The number of rotatable bonds is 3. The van der Waals surface area contributed by atoms with E-state index in [2.05, 4.69) is 4.98 Å². The van der Waals surface area contributed by atoms with E-state index in [1.807, 2.05) is 24.3 Å². The molecule has 0 atom stereocenters. The molecular weight excluding hydrogens is 214 g/mol. The number of pyridine rings is 1. The number of nitrogens with zero attached hydrogens (tertiary/aromatic N) is 1. The van der Waals surface area contributed by atoms with Crippen LogP contribution in [0.25, 0.3) is 10.9 Å². The Bertz CT molecular complexity index is 561. The zero-order chi connectivity index (χ0) is 11.9. The number of methoxy groups -OCH3 is 1. The first-order valence-corrected chi connectivity index (χ1v) is 5.85. The summed E-state index contributed by atoms with van der Waals surface area (Å²) in [5.74, 6) is 0.784. The first-order chi connectivity index (χ1) is 8.22. The Balaban J connectivity index is 2.12. The molecule has 0 spiro atoms. The highest BCUT2D eigenvalue weighted by Crippen LogP contribution is 2.40. The van der Waals surface area contributed by atoms with E-state index in [4.69, 9.17) is 4.74 Å². The van der Waals surface area contributed by atoms with Gasteiger partial charge in [-0.25, -0.2) is 0 Å². The van der Waals surface area contributed by atoms with Gasteiger partial charge >= 0.3 is 0 Å². The number of aromatic nitrogens is 1. The molecule has 1 N–H and O–H groups in total. The van der Waals surface area contributed by atoms with Gasteiger partial charge in [-0.3, -0.25) is 4.98 Å². The lowest BCUT2D eigenvalue weighted by atomic mass is 10.0. The van der Waals surface area contributed by atoms with Crippen molar-refractivity contribution in [2.75, 3.05) is 7.11 Å². The molecule has 3 heteroatoms. The Labute approximate surface area is 100 Å². The molecule has 3 rings (SSSR count). The Morgan fingerprint density at radius 3 is 2.88 bits per heavy atom. The fourth-order valence-corrected chi connectivity index (χ4v) is 2.20. The first-order valence-electron chi connectivity index (χ1n) is 5.85. The van der Waals surface area contributed by atoms with Crippen molar-refractivity contribution < 1.29 is 9.84 Å². The highest BCUT2D eigenvalue weighted by Gasteiger charge is 2.40. The molecule has 0 radical (unpaired) electrons. The maximum Gasteiger partial charge on any atom is 0.145 e. The molecule has 88 valence electrons. The van der Waals surface area contributed by atoms with Crippen LogP contribution in [0.3, 0.4) is 0 Å². The summed E-state index contributed by atoms with van der Waals surface area (Å²) in [7, 11) is 1.65. The van der Waals surface area contributed by atoms with Crippen LogP contribution in [0.2, 0.25) is 0 Å². The average molecular weight is 229 g/mol. The lowest BCUT2D eigenvalue weighted by Crippen LogP contribution is -2.11. The smallest absolute Gasteiger partial charge is 0.145 e. The molecule has 1 fully saturated rings. The maximum atomic E-state index is 10.0. The third kappa shape index (κ3) is 1.87. The van der Waals surface area contributed by atoms with E-state index in [0.717, 1.165) is 35.1 Å².